The van der Waals surface area contributed by atoms with E-state index in [9.17, 15) is 4.79 Å². The lowest BCUT2D eigenvalue weighted by Crippen LogP contribution is -2.26. The molecule has 0 aromatic carbocycles. The molecule has 3 nitrogen and oxygen atoms in total. The summed E-state index contributed by atoms with van der Waals surface area (Å²) in [5, 5.41) is 0. The first-order chi connectivity index (χ1) is 7.02. The van der Waals surface area contributed by atoms with Gasteiger partial charge in [-0.3, -0.25) is 4.79 Å². The molecular formula is C12H18O3. The van der Waals surface area contributed by atoms with Gasteiger partial charge < -0.3 is 9.47 Å². The average Bonchev–Trinajstić information content (AvgIpc) is 2.41. The molecule has 0 saturated carbocycles. The summed E-state index contributed by atoms with van der Waals surface area (Å²) in [7, 11) is 0. The van der Waals surface area contributed by atoms with Gasteiger partial charge in [-0.05, 0) is 18.8 Å². The van der Waals surface area contributed by atoms with E-state index in [-0.39, 0.29) is 17.5 Å². The van der Waals surface area contributed by atoms with Crippen molar-refractivity contribution in [2.24, 2.45) is 5.41 Å². The van der Waals surface area contributed by atoms with Gasteiger partial charge in [0.25, 0.3) is 0 Å². The van der Waals surface area contributed by atoms with Gasteiger partial charge in [0.05, 0.1) is 6.42 Å². The number of allylic oxidation sites excluding steroid dienone is 2. The lowest BCUT2D eigenvalue weighted by molar-refractivity contribution is -0.145. The average molecular weight is 210 g/mol. The Balaban J connectivity index is 2.13. The first-order valence-electron chi connectivity index (χ1n) is 5.55. The van der Waals surface area contributed by atoms with Crippen molar-refractivity contribution in [3.8, 4) is 0 Å². The van der Waals surface area contributed by atoms with Crippen LogP contribution in [0, 0.1) is 5.41 Å². The number of carbonyl (C=O) groups excluding carboxylic acids is 1. The van der Waals surface area contributed by atoms with Crippen LogP contribution in [0.15, 0.2) is 11.3 Å². The van der Waals surface area contributed by atoms with Crippen LogP contribution in [0.1, 0.15) is 40.0 Å². The number of Topliss-reactive ketones (excluding diaryl/α,β-unsaturated/α-hetero) is 1. The third-order valence-electron chi connectivity index (χ3n) is 2.95. The summed E-state index contributed by atoms with van der Waals surface area (Å²) in [4.78, 5) is 11.8. The molecule has 0 saturated heterocycles. The molecule has 3 heteroatoms. The van der Waals surface area contributed by atoms with Crippen LogP contribution in [-0.2, 0) is 14.3 Å². The van der Waals surface area contributed by atoms with Gasteiger partial charge in [0.2, 0.25) is 6.29 Å². The van der Waals surface area contributed by atoms with Crippen molar-refractivity contribution in [1.29, 1.82) is 0 Å². The summed E-state index contributed by atoms with van der Waals surface area (Å²) in [6.07, 6.45) is 1.73. The highest BCUT2D eigenvalue weighted by molar-refractivity contribution is 5.97. The molecule has 0 aromatic rings. The zero-order valence-corrected chi connectivity index (χ0v) is 9.63. The van der Waals surface area contributed by atoms with E-state index in [2.05, 4.69) is 13.8 Å². The Bertz CT molecular complexity index is 315. The van der Waals surface area contributed by atoms with Gasteiger partial charge in [-0.25, -0.2) is 0 Å². The van der Waals surface area contributed by atoms with E-state index in [0.29, 0.717) is 13.0 Å². The van der Waals surface area contributed by atoms with Gasteiger partial charge in [0, 0.05) is 18.6 Å². The predicted octanol–water partition coefficient (Wildman–Crippen LogP) is 2.41. The molecule has 0 radical (unpaired) electrons. The maximum atomic E-state index is 11.8. The summed E-state index contributed by atoms with van der Waals surface area (Å²) in [5.41, 5.74) is 1.07. The van der Waals surface area contributed by atoms with Gasteiger partial charge >= 0.3 is 0 Å². The van der Waals surface area contributed by atoms with E-state index in [1.165, 1.54) is 0 Å². The molecule has 0 spiro atoms. The standard InChI is InChI=1S/C12H18O3/c1-4-14-11-5-9(13)8-6-12(2,3)7-10(8)15-11/h11H,4-7H2,1-3H3. The molecule has 2 aliphatic rings. The Hall–Kier alpha value is -0.830. The molecule has 1 unspecified atom stereocenters. The SMILES string of the molecule is CCOC1CC(=O)C2=C(CC(C)(C)C2)O1. The van der Waals surface area contributed by atoms with E-state index < -0.39 is 0 Å². The summed E-state index contributed by atoms with van der Waals surface area (Å²) in [5.74, 6) is 1.08. The molecule has 2 rings (SSSR count). The fourth-order valence-corrected chi connectivity index (χ4v) is 2.30. The van der Waals surface area contributed by atoms with Crippen LogP contribution in [0.25, 0.3) is 0 Å². The molecule has 0 aromatic heterocycles. The first kappa shape index (κ1) is 10.7. The highest BCUT2D eigenvalue weighted by Crippen LogP contribution is 2.44. The van der Waals surface area contributed by atoms with Crippen molar-refractivity contribution in [3.05, 3.63) is 11.3 Å². The number of rotatable bonds is 2. The monoisotopic (exact) mass is 210 g/mol. The minimum atomic E-state index is -0.352. The van der Waals surface area contributed by atoms with Crippen LogP contribution < -0.4 is 0 Å². The summed E-state index contributed by atoms with van der Waals surface area (Å²) < 4.78 is 11.0. The van der Waals surface area contributed by atoms with E-state index in [4.69, 9.17) is 9.47 Å². The molecular weight excluding hydrogens is 192 g/mol. The Morgan fingerprint density at radius 1 is 1.47 bits per heavy atom. The Morgan fingerprint density at radius 2 is 2.20 bits per heavy atom. The predicted molar refractivity (Wildman–Crippen MR) is 56.2 cm³/mol. The minimum Gasteiger partial charge on any atom is -0.468 e. The molecule has 1 atom stereocenters. The Morgan fingerprint density at radius 3 is 2.87 bits per heavy atom. The van der Waals surface area contributed by atoms with Gasteiger partial charge in [0.1, 0.15) is 5.76 Å². The van der Waals surface area contributed by atoms with Crippen LogP contribution in [0.2, 0.25) is 0 Å². The van der Waals surface area contributed by atoms with Gasteiger partial charge in [-0.2, -0.15) is 0 Å². The zero-order chi connectivity index (χ0) is 11.1. The molecule has 1 heterocycles. The fraction of sp³-hybridized carbons (Fsp3) is 0.750. The summed E-state index contributed by atoms with van der Waals surface area (Å²) in [6, 6.07) is 0. The van der Waals surface area contributed by atoms with E-state index in [0.717, 1.165) is 24.2 Å². The molecule has 0 bridgehead atoms. The third-order valence-corrected chi connectivity index (χ3v) is 2.95. The minimum absolute atomic E-state index is 0.168. The second-order valence-corrected chi connectivity index (χ2v) is 5.05. The second kappa shape index (κ2) is 3.63. The molecule has 1 aliphatic heterocycles. The second-order valence-electron chi connectivity index (χ2n) is 5.05. The van der Waals surface area contributed by atoms with E-state index in [1.807, 2.05) is 6.92 Å². The normalized spacial score (nSPS) is 29.0. The highest BCUT2D eigenvalue weighted by Gasteiger charge is 2.39. The van der Waals surface area contributed by atoms with Crippen LogP contribution in [0.4, 0.5) is 0 Å². The molecule has 0 fully saturated rings. The third kappa shape index (κ3) is 2.07. The van der Waals surface area contributed by atoms with Crippen LogP contribution in [-0.4, -0.2) is 18.7 Å². The van der Waals surface area contributed by atoms with Crippen molar-refractivity contribution < 1.29 is 14.3 Å². The number of carbonyl (C=O) groups is 1. The molecule has 0 N–H and O–H groups in total. The number of hydrogen-bond donors (Lipinski definition) is 0. The number of ketones is 1. The maximum Gasteiger partial charge on any atom is 0.206 e. The largest absolute Gasteiger partial charge is 0.468 e. The van der Waals surface area contributed by atoms with E-state index in [1.54, 1.807) is 0 Å². The quantitative estimate of drug-likeness (QED) is 0.702. The summed E-state index contributed by atoms with van der Waals surface area (Å²) >= 11 is 0. The first-order valence-corrected chi connectivity index (χ1v) is 5.55. The van der Waals surface area contributed by atoms with E-state index >= 15 is 0 Å². The fourth-order valence-electron chi connectivity index (χ4n) is 2.30. The molecule has 15 heavy (non-hydrogen) atoms. The number of hydrogen-bond acceptors (Lipinski definition) is 3. The molecule has 84 valence electrons. The van der Waals surface area contributed by atoms with Crippen molar-refractivity contribution >= 4 is 5.78 Å². The topological polar surface area (TPSA) is 35.5 Å². The van der Waals surface area contributed by atoms with Crippen molar-refractivity contribution in [3.63, 3.8) is 0 Å². The van der Waals surface area contributed by atoms with Gasteiger partial charge in [-0.1, -0.05) is 13.8 Å². The van der Waals surface area contributed by atoms with Crippen molar-refractivity contribution in [1.82, 2.24) is 0 Å². The van der Waals surface area contributed by atoms with Gasteiger partial charge in [0.15, 0.2) is 5.78 Å². The Kier molecular flexibility index (Phi) is 2.59. The Labute approximate surface area is 90.4 Å². The molecule has 1 aliphatic carbocycles. The van der Waals surface area contributed by atoms with Crippen LogP contribution >= 0.6 is 0 Å². The van der Waals surface area contributed by atoms with Crippen molar-refractivity contribution in [2.45, 2.75) is 46.3 Å². The lowest BCUT2D eigenvalue weighted by atomic mass is 9.89. The van der Waals surface area contributed by atoms with Gasteiger partial charge in [-0.15, -0.1) is 0 Å². The zero-order valence-electron chi connectivity index (χ0n) is 9.63. The smallest absolute Gasteiger partial charge is 0.206 e. The van der Waals surface area contributed by atoms with Crippen LogP contribution in [0.5, 0.6) is 0 Å². The van der Waals surface area contributed by atoms with Crippen molar-refractivity contribution in [2.75, 3.05) is 6.61 Å². The molecule has 0 amide bonds. The number of ether oxygens (including phenoxy) is 2. The summed E-state index contributed by atoms with van der Waals surface area (Å²) in [6.45, 7) is 6.83. The van der Waals surface area contributed by atoms with Crippen LogP contribution in [0.3, 0.4) is 0 Å². The lowest BCUT2D eigenvalue weighted by Gasteiger charge is -2.24. The highest BCUT2D eigenvalue weighted by atomic mass is 16.7. The maximum absolute atomic E-state index is 11.8.